The van der Waals surface area contributed by atoms with Crippen molar-refractivity contribution in [3.05, 3.63) is 66.4 Å². The van der Waals surface area contributed by atoms with E-state index in [-0.39, 0.29) is 27.7 Å². The molecule has 2 aromatic heterocycles. The fourth-order valence-electron chi connectivity index (χ4n) is 3.64. The van der Waals surface area contributed by atoms with Crippen molar-refractivity contribution >= 4 is 33.2 Å². The highest BCUT2D eigenvalue weighted by molar-refractivity contribution is 7.91. The van der Waals surface area contributed by atoms with E-state index in [0.717, 1.165) is 0 Å². The number of hydrogen-bond donors (Lipinski definition) is 4. The summed E-state index contributed by atoms with van der Waals surface area (Å²) in [4.78, 5) is 29.0. The molecule has 0 radical (unpaired) electrons. The molecule has 0 atom stereocenters. The third-order valence-electron chi connectivity index (χ3n) is 5.63. The molecule has 0 aliphatic heterocycles. The highest BCUT2D eigenvalue weighted by Crippen LogP contribution is 2.34. The lowest BCUT2D eigenvalue weighted by molar-refractivity contribution is 0.262. The molecular weight excluding hydrogens is 509 g/mol. The maximum absolute atomic E-state index is 14.7. The van der Waals surface area contributed by atoms with Crippen LogP contribution in [0.2, 0.25) is 0 Å². The first kappa shape index (κ1) is 26.7. The van der Waals surface area contributed by atoms with Crippen LogP contribution in [-0.4, -0.2) is 40.1 Å². The van der Waals surface area contributed by atoms with E-state index in [1.54, 1.807) is 19.1 Å². The first-order valence-electron chi connectivity index (χ1n) is 11.8. The lowest BCUT2D eigenvalue weighted by atomic mass is 9.96. The highest BCUT2D eigenvalue weighted by atomic mass is 32.2. The molecule has 198 valence electrons. The number of halogens is 1. The number of benzene rings is 2. The number of aromatic amines is 1. The predicted molar refractivity (Wildman–Crippen MR) is 145 cm³/mol. The van der Waals surface area contributed by atoms with Crippen molar-refractivity contribution < 1.29 is 17.6 Å². The molecule has 38 heavy (non-hydrogen) atoms. The molecule has 0 bridgehead atoms. The number of urea groups is 1. The summed E-state index contributed by atoms with van der Waals surface area (Å²) in [7, 11) is -3.35. The molecule has 0 saturated heterocycles. The van der Waals surface area contributed by atoms with Gasteiger partial charge in [-0.15, -0.1) is 0 Å². The van der Waals surface area contributed by atoms with E-state index in [1.165, 1.54) is 42.6 Å². The second-order valence-corrected chi connectivity index (χ2v) is 11.9. The number of aromatic nitrogens is 4. The molecule has 0 aliphatic carbocycles. The number of nitrogens with one attached hydrogen (secondary N) is 3. The van der Waals surface area contributed by atoms with Crippen molar-refractivity contribution in [2.24, 2.45) is 0 Å². The van der Waals surface area contributed by atoms with Gasteiger partial charge in [0.15, 0.2) is 9.84 Å². The summed E-state index contributed by atoms with van der Waals surface area (Å²) in [5.74, 6) is 0.130. The summed E-state index contributed by atoms with van der Waals surface area (Å²) in [6.07, 6.45) is 1.52. The van der Waals surface area contributed by atoms with E-state index in [4.69, 9.17) is 10.7 Å². The van der Waals surface area contributed by atoms with E-state index in [9.17, 15) is 17.6 Å². The Bertz CT molecular complexity index is 1590. The Labute approximate surface area is 219 Å². The largest absolute Gasteiger partial charge is 0.368 e. The number of nitrogens with zero attached hydrogens (tertiary/aromatic N) is 3. The standard InChI is InChI=1S/C26H28FN7O3S/c1-5-38(36,37)19-8-6-17(7-9-19)30-25(35)31-18-13-15(12-16(27)14-18)21-22(20-10-11-29-24(28)32-20)34-23(33-21)26(2,3)4/h6-14H,5H2,1-4H3,(H,33,34)(H2,28,29,32)(H2,30,31,35). The zero-order valence-electron chi connectivity index (χ0n) is 21.3. The third kappa shape index (κ3) is 5.97. The first-order chi connectivity index (χ1) is 17.9. The monoisotopic (exact) mass is 537 g/mol. The number of nitrogen functional groups attached to an aromatic ring is 1. The maximum atomic E-state index is 14.7. The van der Waals surface area contributed by atoms with Crippen LogP contribution in [0.5, 0.6) is 0 Å². The van der Waals surface area contributed by atoms with Crippen LogP contribution in [0.4, 0.5) is 26.5 Å². The summed E-state index contributed by atoms with van der Waals surface area (Å²) >= 11 is 0. The van der Waals surface area contributed by atoms with Crippen LogP contribution in [0.15, 0.2) is 59.6 Å². The zero-order valence-corrected chi connectivity index (χ0v) is 22.1. The van der Waals surface area contributed by atoms with E-state index in [1.807, 2.05) is 20.8 Å². The molecule has 2 aromatic carbocycles. The molecule has 0 spiro atoms. The van der Waals surface area contributed by atoms with Crippen molar-refractivity contribution in [2.75, 3.05) is 22.1 Å². The van der Waals surface area contributed by atoms with Gasteiger partial charge in [-0.1, -0.05) is 27.7 Å². The van der Waals surface area contributed by atoms with Crippen molar-refractivity contribution in [1.29, 1.82) is 0 Å². The molecule has 4 aromatic rings. The Morgan fingerprint density at radius 1 is 1.03 bits per heavy atom. The molecule has 2 amide bonds. The number of anilines is 3. The molecule has 4 rings (SSSR count). The van der Waals surface area contributed by atoms with Crippen molar-refractivity contribution in [1.82, 2.24) is 19.9 Å². The molecule has 10 nitrogen and oxygen atoms in total. The minimum absolute atomic E-state index is 0.0261. The second-order valence-electron chi connectivity index (χ2n) is 9.59. The van der Waals surface area contributed by atoms with E-state index in [2.05, 4.69) is 25.6 Å². The quantitative estimate of drug-likeness (QED) is 0.270. The number of sulfone groups is 1. The molecule has 0 unspecified atom stereocenters. The van der Waals surface area contributed by atoms with Crippen LogP contribution in [-0.2, 0) is 15.3 Å². The van der Waals surface area contributed by atoms with Gasteiger partial charge in [0.05, 0.1) is 27.7 Å². The zero-order chi connectivity index (χ0) is 27.7. The van der Waals surface area contributed by atoms with Crippen LogP contribution in [0, 0.1) is 5.82 Å². The first-order valence-corrected chi connectivity index (χ1v) is 13.4. The minimum atomic E-state index is -3.35. The average Bonchev–Trinajstić information content (AvgIpc) is 3.30. The lowest BCUT2D eigenvalue weighted by Gasteiger charge is -2.14. The number of rotatable bonds is 6. The number of H-pyrrole nitrogens is 1. The van der Waals surface area contributed by atoms with E-state index in [0.29, 0.717) is 34.2 Å². The number of hydrogen-bond acceptors (Lipinski definition) is 7. The van der Waals surface area contributed by atoms with E-state index >= 15 is 0 Å². The fourth-order valence-corrected chi connectivity index (χ4v) is 4.52. The average molecular weight is 538 g/mol. The molecule has 0 fully saturated rings. The number of carbonyl (C=O) groups excluding carboxylic acids is 1. The van der Waals surface area contributed by atoms with Crippen LogP contribution >= 0.6 is 0 Å². The van der Waals surface area contributed by atoms with Gasteiger partial charge >= 0.3 is 6.03 Å². The normalized spacial score (nSPS) is 11.8. The Balaban J connectivity index is 1.63. The number of imidazole rings is 1. The van der Waals surface area contributed by atoms with Gasteiger partial charge in [0.25, 0.3) is 0 Å². The lowest BCUT2D eigenvalue weighted by Crippen LogP contribution is -2.19. The molecule has 0 saturated carbocycles. The molecule has 5 N–H and O–H groups in total. The predicted octanol–water partition coefficient (Wildman–Crippen LogP) is 4.99. The highest BCUT2D eigenvalue weighted by Gasteiger charge is 2.24. The minimum Gasteiger partial charge on any atom is -0.368 e. The Hall–Kier alpha value is -4.32. The summed E-state index contributed by atoms with van der Waals surface area (Å²) in [6.45, 7) is 7.52. The Morgan fingerprint density at radius 3 is 2.34 bits per heavy atom. The van der Waals surface area contributed by atoms with Crippen molar-refractivity contribution in [3.63, 3.8) is 0 Å². The maximum Gasteiger partial charge on any atom is 0.323 e. The number of nitrogens with two attached hydrogens (primary N) is 1. The third-order valence-corrected chi connectivity index (χ3v) is 7.38. The van der Waals surface area contributed by atoms with E-state index < -0.39 is 21.7 Å². The molecule has 2 heterocycles. The second kappa shape index (κ2) is 10.2. The Kier molecular flexibility index (Phi) is 7.18. The molecule has 0 aliphatic rings. The van der Waals surface area contributed by atoms with Gasteiger partial charge in [-0.2, -0.15) is 0 Å². The van der Waals surface area contributed by atoms with Crippen LogP contribution in [0.1, 0.15) is 33.5 Å². The van der Waals surface area contributed by atoms with Crippen LogP contribution < -0.4 is 16.4 Å². The van der Waals surface area contributed by atoms with Gasteiger partial charge in [-0.3, -0.25) is 0 Å². The van der Waals surface area contributed by atoms with Crippen molar-refractivity contribution in [3.8, 4) is 22.6 Å². The Morgan fingerprint density at radius 2 is 1.71 bits per heavy atom. The SMILES string of the molecule is CCS(=O)(=O)c1ccc(NC(=O)Nc2cc(F)cc(-c3nc(C(C)(C)C)[nH]c3-c3ccnc(N)n3)c2)cc1. The van der Waals surface area contributed by atoms with Gasteiger partial charge in [-0.05, 0) is 48.5 Å². The van der Waals surface area contributed by atoms with Crippen LogP contribution in [0.25, 0.3) is 22.6 Å². The van der Waals surface area contributed by atoms with Gasteiger partial charge in [0.2, 0.25) is 5.95 Å². The van der Waals surface area contributed by atoms with Gasteiger partial charge in [0, 0.05) is 28.6 Å². The van der Waals surface area contributed by atoms with Gasteiger partial charge in [-0.25, -0.2) is 32.6 Å². The van der Waals surface area contributed by atoms with Gasteiger partial charge < -0.3 is 21.4 Å². The van der Waals surface area contributed by atoms with Crippen LogP contribution in [0.3, 0.4) is 0 Å². The smallest absolute Gasteiger partial charge is 0.323 e. The molecule has 12 heteroatoms. The summed E-state index contributed by atoms with van der Waals surface area (Å²) in [6, 6.07) is 10.9. The van der Waals surface area contributed by atoms with Crippen molar-refractivity contribution in [2.45, 2.75) is 38.0 Å². The van der Waals surface area contributed by atoms with Gasteiger partial charge in [0.1, 0.15) is 11.6 Å². The summed E-state index contributed by atoms with van der Waals surface area (Å²) < 4.78 is 38.7. The summed E-state index contributed by atoms with van der Waals surface area (Å²) in [5.41, 5.74) is 7.87. The number of carbonyl (C=O) groups is 1. The topological polar surface area (TPSA) is 156 Å². The molecular formula is C26H28FN7O3S. The number of amides is 2. The summed E-state index contributed by atoms with van der Waals surface area (Å²) in [5, 5.41) is 5.22. The fraction of sp³-hybridized carbons (Fsp3) is 0.231.